The molecule has 0 unspecified atom stereocenters. The Morgan fingerprint density at radius 1 is 1.39 bits per heavy atom. The lowest BCUT2D eigenvalue weighted by Gasteiger charge is -2.16. The molecule has 18 heavy (non-hydrogen) atoms. The van der Waals surface area contributed by atoms with Crippen LogP contribution in [0.3, 0.4) is 0 Å². The van der Waals surface area contributed by atoms with Crippen molar-refractivity contribution in [3.63, 3.8) is 0 Å². The summed E-state index contributed by atoms with van der Waals surface area (Å²) >= 11 is 0. The second-order valence-corrected chi connectivity index (χ2v) is 5.48. The number of methoxy groups -OCH3 is 1. The number of hydrogen-bond acceptors (Lipinski definition) is 3. The smallest absolute Gasteiger partial charge is 0.120 e. The fraction of sp³-hybridized carbons (Fsp3) is 0.600. The highest BCUT2D eigenvalue weighted by Crippen LogP contribution is 2.48. The van der Waals surface area contributed by atoms with E-state index in [2.05, 4.69) is 5.32 Å². The molecule has 1 saturated carbocycles. The SMILES string of the molecule is COCCC1(CNCc2cc(C)ccc2O)CC1. The highest BCUT2D eigenvalue weighted by molar-refractivity contribution is 5.35. The molecule has 100 valence electrons. The quantitative estimate of drug-likeness (QED) is 0.780. The molecular weight excluding hydrogens is 226 g/mol. The lowest BCUT2D eigenvalue weighted by atomic mass is 10.0. The Balaban J connectivity index is 1.80. The summed E-state index contributed by atoms with van der Waals surface area (Å²) in [6, 6.07) is 5.74. The highest BCUT2D eigenvalue weighted by Gasteiger charge is 2.41. The van der Waals surface area contributed by atoms with Gasteiger partial charge in [-0.25, -0.2) is 0 Å². The van der Waals surface area contributed by atoms with E-state index >= 15 is 0 Å². The lowest BCUT2D eigenvalue weighted by molar-refractivity contribution is 0.171. The van der Waals surface area contributed by atoms with Crippen molar-refractivity contribution >= 4 is 0 Å². The van der Waals surface area contributed by atoms with Crippen molar-refractivity contribution in [2.45, 2.75) is 32.7 Å². The van der Waals surface area contributed by atoms with Crippen LogP contribution < -0.4 is 5.32 Å². The zero-order valence-electron chi connectivity index (χ0n) is 11.3. The van der Waals surface area contributed by atoms with Gasteiger partial charge in [-0.05, 0) is 37.7 Å². The van der Waals surface area contributed by atoms with Crippen LogP contribution in [0.4, 0.5) is 0 Å². The van der Waals surface area contributed by atoms with E-state index in [9.17, 15) is 5.11 Å². The molecule has 0 radical (unpaired) electrons. The number of aryl methyl sites for hydroxylation is 1. The van der Waals surface area contributed by atoms with Crippen molar-refractivity contribution in [2.75, 3.05) is 20.3 Å². The number of phenolic OH excluding ortho intramolecular Hbond substituents is 1. The fourth-order valence-corrected chi connectivity index (χ4v) is 2.33. The molecule has 0 heterocycles. The lowest BCUT2D eigenvalue weighted by Crippen LogP contribution is -2.24. The van der Waals surface area contributed by atoms with Crippen molar-refractivity contribution < 1.29 is 9.84 Å². The molecule has 0 atom stereocenters. The minimum Gasteiger partial charge on any atom is -0.508 e. The van der Waals surface area contributed by atoms with Gasteiger partial charge in [-0.2, -0.15) is 0 Å². The van der Waals surface area contributed by atoms with Crippen LogP contribution in [0.5, 0.6) is 5.75 Å². The third-order valence-electron chi connectivity index (χ3n) is 3.84. The van der Waals surface area contributed by atoms with Crippen LogP contribution in [0, 0.1) is 12.3 Å². The summed E-state index contributed by atoms with van der Waals surface area (Å²) < 4.78 is 5.15. The van der Waals surface area contributed by atoms with Crippen LogP contribution in [0.25, 0.3) is 0 Å². The summed E-state index contributed by atoms with van der Waals surface area (Å²) in [5.74, 6) is 0.384. The summed E-state index contributed by atoms with van der Waals surface area (Å²) in [5.41, 5.74) is 2.62. The first kappa shape index (κ1) is 13.4. The first-order valence-electron chi connectivity index (χ1n) is 6.63. The van der Waals surface area contributed by atoms with E-state index in [0.717, 1.165) is 31.7 Å². The van der Waals surface area contributed by atoms with Crippen molar-refractivity contribution in [2.24, 2.45) is 5.41 Å². The standard InChI is InChI=1S/C15H23NO2/c1-12-3-4-14(17)13(9-12)10-16-11-15(5-6-15)7-8-18-2/h3-4,9,16-17H,5-8,10-11H2,1-2H3. The first-order chi connectivity index (χ1) is 8.65. The minimum absolute atomic E-state index is 0.384. The van der Waals surface area contributed by atoms with Crippen LogP contribution in [0.1, 0.15) is 30.4 Å². The molecule has 1 aromatic carbocycles. The van der Waals surface area contributed by atoms with Gasteiger partial charge in [0.2, 0.25) is 0 Å². The number of nitrogens with one attached hydrogen (secondary N) is 1. The van der Waals surface area contributed by atoms with Gasteiger partial charge in [0.25, 0.3) is 0 Å². The molecule has 3 heteroatoms. The molecule has 2 rings (SSSR count). The summed E-state index contributed by atoms with van der Waals surface area (Å²) in [7, 11) is 1.76. The van der Waals surface area contributed by atoms with Gasteiger partial charge in [-0.1, -0.05) is 17.7 Å². The van der Waals surface area contributed by atoms with Gasteiger partial charge in [-0.15, -0.1) is 0 Å². The molecule has 1 aliphatic rings. The number of ether oxygens (including phenoxy) is 1. The van der Waals surface area contributed by atoms with E-state index in [1.807, 2.05) is 19.1 Å². The van der Waals surface area contributed by atoms with E-state index < -0.39 is 0 Å². The van der Waals surface area contributed by atoms with Crippen LogP contribution >= 0.6 is 0 Å². The predicted octanol–water partition coefficient (Wildman–Crippen LogP) is 2.61. The van der Waals surface area contributed by atoms with E-state index in [1.165, 1.54) is 18.4 Å². The summed E-state index contributed by atoms with van der Waals surface area (Å²) in [6.45, 7) is 4.65. The van der Waals surface area contributed by atoms with Crippen LogP contribution in [0.2, 0.25) is 0 Å². The van der Waals surface area contributed by atoms with Gasteiger partial charge in [0.15, 0.2) is 0 Å². The van der Waals surface area contributed by atoms with Crippen molar-refractivity contribution in [3.05, 3.63) is 29.3 Å². The Kier molecular flexibility index (Phi) is 4.25. The number of phenols is 1. The van der Waals surface area contributed by atoms with Crippen LogP contribution in [-0.2, 0) is 11.3 Å². The average molecular weight is 249 g/mol. The second kappa shape index (κ2) is 5.72. The second-order valence-electron chi connectivity index (χ2n) is 5.48. The normalized spacial score (nSPS) is 16.8. The van der Waals surface area contributed by atoms with Gasteiger partial charge in [0.05, 0.1) is 0 Å². The molecule has 1 aliphatic carbocycles. The minimum atomic E-state index is 0.384. The molecule has 0 spiro atoms. The molecule has 0 saturated heterocycles. The maximum atomic E-state index is 9.76. The topological polar surface area (TPSA) is 41.5 Å². The first-order valence-corrected chi connectivity index (χ1v) is 6.63. The number of rotatable bonds is 7. The van der Waals surface area contributed by atoms with Crippen molar-refractivity contribution in [1.82, 2.24) is 5.32 Å². The molecule has 1 aromatic rings. The van der Waals surface area contributed by atoms with Gasteiger partial charge >= 0.3 is 0 Å². The summed E-state index contributed by atoms with van der Waals surface area (Å²) in [6.07, 6.45) is 3.72. The third-order valence-corrected chi connectivity index (χ3v) is 3.84. The van der Waals surface area contributed by atoms with Gasteiger partial charge < -0.3 is 15.2 Å². The van der Waals surface area contributed by atoms with Crippen LogP contribution in [-0.4, -0.2) is 25.4 Å². The van der Waals surface area contributed by atoms with E-state index in [0.29, 0.717) is 11.2 Å². The predicted molar refractivity (Wildman–Crippen MR) is 72.7 cm³/mol. The highest BCUT2D eigenvalue weighted by atomic mass is 16.5. The molecule has 0 bridgehead atoms. The molecule has 0 amide bonds. The Morgan fingerprint density at radius 2 is 2.17 bits per heavy atom. The number of hydrogen-bond donors (Lipinski definition) is 2. The molecule has 2 N–H and O–H groups in total. The number of benzene rings is 1. The third kappa shape index (κ3) is 3.47. The average Bonchev–Trinajstić information content (AvgIpc) is 3.12. The maximum Gasteiger partial charge on any atom is 0.120 e. The molecule has 0 aromatic heterocycles. The monoisotopic (exact) mass is 249 g/mol. The zero-order chi connectivity index (χ0) is 13.0. The zero-order valence-corrected chi connectivity index (χ0v) is 11.3. The molecule has 0 aliphatic heterocycles. The molecular formula is C15H23NO2. The Labute approximate surface area is 109 Å². The largest absolute Gasteiger partial charge is 0.508 e. The van der Waals surface area contributed by atoms with E-state index in [1.54, 1.807) is 13.2 Å². The Bertz CT molecular complexity index is 399. The fourth-order valence-electron chi connectivity index (χ4n) is 2.33. The van der Waals surface area contributed by atoms with Crippen molar-refractivity contribution in [3.8, 4) is 5.75 Å². The van der Waals surface area contributed by atoms with Gasteiger partial charge in [0, 0.05) is 32.4 Å². The van der Waals surface area contributed by atoms with E-state index in [-0.39, 0.29) is 0 Å². The van der Waals surface area contributed by atoms with E-state index in [4.69, 9.17) is 4.74 Å². The molecule has 3 nitrogen and oxygen atoms in total. The van der Waals surface area contributed by atoms with Crippen LogP contribution in [0.15, 0.2) is 18.2 Å². The Morgan fingerprint density at radius 3 is 2.83 bits per heavy atom. The summed E-state index contributed by atoms with van der Waals surface area (Å²) in [5, 5.41) is 13.2. The van der Waals surface area contributed by atoms with Gasteiger partial charge in [0.1, 0.15) is 5.75 Å². The van der Waals surface area contributed by atoms with Gasteiger partial charge in [-0.3, -0.25) is 0 Å². The number of aromatic hydroxyl groups is 1. The molecule has 1 fully saturated rings. The summed E-state index contributed by atoms with van der Waals surface area (Å²) in [4.78, 5) is 0. The Hall–Kier alpha value is -1.06. The maximum absolute atomic E-state index is 9.76. The van der Waals surface area contributed by atoms with Crippen molar-refractivity contribution in [1.29, 1.82) is 0 Å².